The number of hydrogen-bond donors (Lipinski definition) is 0. The maximum Gasteiger partial charge on any atom is 0.163 e. The van der Waals surface area contributed by atoms with Gasteiger partial charge in [-0.05, 0) is 35.3 Å². The van der Waals surface area contributed by atoms with Crippen LogP contribution >= 0.6 is 11.6 Å². The van der Waals surface area contributed by atoms with Gasteiger partial charge in [-0.1, -0.05) is 54.1 Å². The fourth-order valence-electron chi connectivity index (χ4n) is 2.46. The number of benzene rings is 2. The van der Waals surface area contributed by atoms with E-state index in [2.05, 4.69) is 0 Å². The van der Waals surface area contributed by atoms with Gasteiger partial charge in [0.1, 0.15) is 0 Å². The topological polar surface area (TPSA) is 17.1 Å². The van der Waals surface area contributed by atoms with Gasteiger partial charge in [-0.2, -0.15) is 0 Å². The van der Waals surface area contributed by atoms with Crippen LogP contribution in [0, 0.1) is 0 Å². The van der Waals surface area contributed by atoms with Gasteiger partial charge in [-0.15, -0.1) is 0 Å². The van der Waals surface area contributed by atoms with Crippen molar-refractivity contribution in [1.29, 1.82) is 0 Å². The summed E-state index contributed by atoms with van der Waals surface area (Å²) < 4.78 is 0. The molecule has 2 heteroatoms. The Hall–Kier alpha value is -1.86. The molecule has 0 unspecified atom stereocenters. The molecule has 3 rings (SSSR count). The molecule has 0 fully saturated rings. The van der Waals surface area contributed by atoms with Crippen LogP contribution in [0.1, 0.15) is 23.1 Å². The van der Waals surface area contributed by atoms with Crippen LogP contribution < -0.4 is 0 Å². The van der Waals surface area contributed by atoms with E-state index in [1.165, 1.54) is 0 Å². The molecule has 1 nitrogen and oxygen atoms in total. The van der Waals surface area contributed by atoms with Crippen LogP contribution in [0.15, 0.2) is 48.5 Å². The molecule has 0 aromatic heterocycles. The van der Waals surface area contributed by atoms with Crippen molar-refractivity contribution in [2.75, 3.05) is 0 Å². The second kappa shape index (κ2) is 5.02. The molecule has 0 heterocycles. The van der Waals surface area contributed by atoms with Gasteiger partial charge >= 0.3 is 0 Å². The summed E-state index contributed by atoms with van der Waals surface area (Å²) in [5, 5.41) is 0.754. The summed E-state index contributed by atoms with van der Waals surface area (Å²) in [4.78, 5) is 12.2. The van der Waals surface area contributed by atoms with Crippen LogP contribution in [-0.2, 0) is 11.2 Å². The number of rotatable bonds is 1. The molecule has 0 spiro atoms. The fraction of sp³-hybridized carbons (Fsp3) is 0.118. The van der Waals surface area contributed by atoms with Gasteiger partial charge in [-0.25, -0.2) is 0 Å². The van der Waals surface area contributed by atoms with Gasteiger partial charge in [0.25, 0.3) is 0 Å². The number of Topliss-reactive ketones (excluding diaryl/α,β-unsaturated/α-hetero) is 1. The maximum atomic E-state index is 12.2. The van der Waals surface area contributed by atoms with Crippen LogP contribution in [0.25, 0.3) is 11.6 Å². The number of hydrogen-bond acceptors (Lipinski definition) is 1. The first-order chi connectivity index (χ1) is 9.25. The highest BCUT2D eigenvalue weighted by atomic mass is 35.5. The summed E-state index contributed by atoms with van der Waals surface area (Å²) in [6.45, 7) is 0. The molecule has 0 atom stereocenters. The third-order valence-electron chi connectivity index (χ3n) is 3.42. The molecular formula is C17H13ClO. The summed E-state index contributed by atoms with van der Waals surface area (Å²) in [5.74, 6) is 0.193. The highest BCUT2D eigenvalue weighted by Crippen LogP contribution is 2.33. The third-order valence-corrected chi connectivity index (χ3v) is 3.78. The number of halogens is 1. The first kappa shape index (κ1) is 12.2. The van der Waals surface area contributed by atoms with Crippen LogP contribution in [0.3, 0.4) is 0 Å². The highest BCUT2D eigenvalue weighted by molar-refractivity contribution is 6.33. The number of fused-ring (bicyclic) bond motifs is 1. The molecule has 19 heavy (non-hydrogen) atoms. The Morgan fingerprint density at radius 1 is 0.947 bits per heavy atom. The van der Waals surface area contributed by atoms with Crippen LogP contribution in [0.5, 0.6) is 0 Å². The number of ketones is 1. The van der Waals surface area contributed by atoms with Crippen LogP contribution in [-0.4, -0.2) is 5.78 Å². The van der Waals surface area contributed by atoms with E-state index in [0.717, 1.165) is 33.7 Å². The van der Waals surface area contributed by atoms with Gasteiger partial charge in [0.05, 0.1) is 0 Å². The van der Waals surface area contributed by atoms with Crippen molar-refractivity contribution in [1.82, 2.24) is 0 Å². The maximum absolute atomic E-state index is 12.2. The molecule has 0 saturated heterocycles. The van der Waals surface area contributed by atoms with Crippen molar-refractivity contribution in [3.63, 3.8) is 0 Å². The SMILES string of the molecule is O=C1CCc2c(Cl)cccc2/C1=C/c1ccccc1. The quantitative estimate of drug-likeness (QED) is 0.701. The Kier molecular flexibility index (Phi) is 3.22. The predicted octanol–water partition coefficient (Wildman–Crippen LogP) is 4.40. The lowest BCUT2D eigenvalue weighted by molar-refractivity contribution is -0.113. The summed E-state index contributed by atoms with van der Waals surface area (Å²) >= 11 is 6.22. The molecular weight excluding hydrogens is 256 g/mol. The molecule has 1 aliphatic carbocycles. The zero-order valence-corrected chi connectivity index (χ0v) is 11.2. The van der Waals surface area contributed by atoms with Crippen molar-refractivity contribution in [3.05, 3.63) is 70.2 Å². The van der Waals surface area contributed by atoms with Gasteiger partial charge in [-0.3, -0.25) is 4.79 Å². The number of carbonyl (C=O) groups excluding carboxylic acids is 1. The fourth-order valence-corrected chi connectivity index (χ4v) is 2.73. The van der Waals surface area contributed by atoms with Gasteiger partial charge in [0, 0.05) is 17.0 Å². The minimum Gasteiger partial charge on any atom is -0.294 e. The van der Waals surface area contributed by atoms with Crippen LogP contribution in [0.2, 0.25) is 5.02 Å². The molecule has 2 aromatic carbocycles. The molecule has 0 amide bonds. The molecule has 0 radical (unpaired) electrons. The average Bonchev–Trinajstić information content (AvgIpc) is 2.43. The van der Waals surface area contributed by atoms with Crippen molar-refractivity contribution >= 4 is 29.0 Å². The molecule has 94 valence electrons. The second-order valence-electron chi connectivity index (χ2n) is 4.66. The van der Waals surface area contributed by atoms with Crippen molar-refractivity contribution in [2.45, 2.75) is 12.8 Å². The van der Waals surface area contributed by atoms with E-state index in [4.69, 9.17) is 11.6 Å². The van der Waals surface area contributed by atoms with E-state index in [0.29, 0.717) is 6.42 Å². The lowest BCUT2D eigenvalue weighted by Gasteiger charge is -2.19. The minimum absolute atomic E-state index is 0.193. The first-order valence-corrected chi connectivity index (χ1v) is 6.71. The highest BCUT2D eigenvalue weighted by Gasteiger charge is 2.22. The molecule has 0 bridgehead atoms. The Balaban J connectivity index is 2.15. The van der Waals surface area contributed by atoms with Crippen LogP contribution in [0.4, 0.5) is 0 Å². The monoisotopic (exact) mass is 268 g/mol. The molecule has 1 aliphatic rings. The summed E-state index contributed by atoms with van der Waals surface area (Å²) in [6.07, 6.45) is 3.23. The molecule has 0 aliphatic heterocycles. The van der Waals surface area contributed by atoms with E-state index in [9.17, 15) is 4.79 Å². The summed E-state index contributed by atoms with van der Waals surface area (Å²) in [7, 11) is 0. The molecule has 2 aromatic rings. The average molecular weight is 269 g/mol. The summed E-state index contributed by atoms with van der Waals surface area (Å²) in [5.41, 5.74) is 3.88. The Bertz CT molecular complexity index is 656. The van der Waals surface area contributed by atoms with E-state index >= 15 is 0 Å². The first-order valence-electron chi connectivity index (χ1n) is 6.33. The van der Waals surface area contributed by atoms with E-state index in [1.54, 1.807) is 0 Å². The second-order valence-corrected chi connectivity index (χ2v) is 5.07. The number of carbonyl (C=O) groups is 1. The predicted molar refractivity (Wildman–Crippen MR) is 79.1 cm³/mol. The lowest BCUT2D eigenvalue weighted by atomic mass is 9.85. The Morgan fingerprint density at radius 2 is 1.74 bits per heavy atom. The van der Waals surface area contributed by atoms with Gasteiger partial charge in [0.2, 0.25) is 0 Å². The van der Waals surface area contributed by atoms with E-state index in [1.807, 2.05) is 54.6 Å². The zero-order chi connectivity index (χ0) is 13.2. The van der Waals surface area contributed by atoms with Gasteiger partial charge < -0.3 is 0 Å². The standard InChI is InChI=1S/C17H13ClO/c18-16-8-4-7-13-14(16)9-10-17(19)15(13)11-12-5-2-1-3-6-12/h1-8,11H,9-10H2/b15-11-. The third kappa shape index (κ3) is 2.34. The zero-order valence-electron chi connectivity index (χ0n) is 10.4. The smallest absolute Gasteiger partial charge is 0.163 e. The molecule has 0 N–H and O–H groups in total. The number of allylic oxidation sites excluding steroid dienone is 1. The Morgan fingerprint density at radius 3 is 2.53 bits per heavy atom. The van der Waals surface area contributed by atoms with Crippen molar-refractivity contribution in [3.8, 4) is 0 Å². The minimum atomic E-state index is 0.193. The van der Waals surface area contributed by atoms with Gasteiger partial charge in [0.15, 0.2) is 5.78 Å². The Labute approximate surface area is 117 Å². The van der Waals surface area contributed by atoms with E-state index < -0.39 is 0 Å². The summed E-state index contributed by atoms with van der Waals surface area (Å²) in [6, 6.07) is 15.7. The lowest BCUT2D eigenvalue weighted by Crippen LogP contribution is -2.12. The van der Waals surface area contributed by atoms with Crippen molar-refractivity contribution < 1.29 is 4.79 Å². The van der Waals surface area contributed by atoms with E-state index in [-0.39, 0.29) is 5.78 Å². The largest absolute Gasteiger partial charge is 0.294 e. The van der Waals surface area contributed by atoms with Crippen molar-refractivity contribution in [2.24, 2.45) is 0 Å². The normalized spacial score (nSPS) is 16.5. The molecule has 0 saturated carbocycles.